The van der Waals surface area contributed by atoms with Crippen molar-refractivity contribution in [1.29, 1.82) is 0 Å². The predicted molar refractivity (Wildman–Crippen MR) is 210 cm³/mol. The van der Waals surface area contributed by atoms with Crippen molar-refractivity contribution in [2.75, 3.05) is 4.90 Å². The fourth-order valence-electron chi connectivity index (χ4n) is 7.23. The second-order valence-corrected chi connectivity index (χ2v) is 12.9. The average molecular weight is 639 g/mol. The van der Waals surface area contributed by atoms with Crippen LogP contribution in [-0.4, -0.2) is 4.98 Å². The molecular formula is C47H30N2O. The number of fused-ring (bicyclic) bond motifs is 6. The topological polar surface area (TPSA) is 29.3 Å². The minimum Gasteiger partial charge on any atom is -0.454 e. The molecule has 2 aromatic heterocycles. The highest BCUT2D eigenvalue weighted by Crippen LogP contribution is 2.40. The summed E-state index contributed by atoms with van der Waals surface area (Å²) in [5, 5.41) is 8.31. The standard InChI is InChI=1S/C47H30N2O/c1-3-9-35-25-39(15-13-31(35)7-1)33-17-21-41(22-18-33)49(42-23-19-34(20-24-42)40-16-14-32-8-2-4-10-36(32)26-40)43-29-46-47(48-30-43)44-27-37-11-5-6-12-38(37)28-45(44)50-46/h1-30H. The van der Waals surface area contributed by atoms with E-state index in [1.54, 1.807) is 0 Å². The maximum atomic E-state index is 6.46. The molecule has 50 heavy (non-hydrogen) atoms. The van der Waals surface area contributed by atoms with E-state index in [-0.39, 0.29) is 0 Å². The van der Waals surface area contributed by atoms with E-state index < -0.39 is 0 Å². The van der Waals surface area contributed by atoms with Gasteiger partial charge in [0.1, 0.15) is 11.1 Å². The Morgan fingerprint density at radius 3 is 1.36 bits per heavy atom. The summed E-state index contributed by atoms with van der Waals surface area (Å²) < 4.78 is 6.46. The molecule has 0 saturated carbocycles. The van der Waals surface area contributed by atoms with Gasteiger partial charge in [0.25, 0.3) is 0 Å². The van der Waals surface area contributed by atoms with Gasteiger partial charge in [-0.2, -0.15) is 0 Å². The van der Waals surface area contributed by atoms with Crippen molar-refractivity contribution in [1.82, 2.24) is 4.98 Å². The van der Waals surface area contributed by atoms with Crippen LogP contribution in [0.5, 0.6) is 0 Å². The molecule has 0 saturated heterocycles. The Balaban J connectivity index is 1.08. The molecule has 2 heterocycles. The summed E-state index contributed by atoms with van der Waals surface area (Å²) in [5.41, 5.74) is 10.2. The first-order valence-corrected chi connectivity index (χ1v) is 16.9. The van der Waals surface area contributed by atoms with Crippen molar-refractivity contribution in [3.05, 3.63) is 182 Å². The van der Waals surface area contributed by atoms with Crippen LogP contribution in [0, 0.1) is 0 Å². The highest BCUT2D eigenvalue weighted by Gasteiger charge is 2.17. The Labute approximate surface area is 289 Å². The van der Waals surface area contributed by atoms with Crippen molar-refractivity contribution < 1.29 is 4.42 Å². The predicted octanol–water partition coefficient (Wildman–Crippen LogP) is 13.2. The highest BCUT2D eigenvalue weighted by molar-refractivity contribution is 6.09. The van der Waals surface area contributed by atoms with Gasteiger partial charge in [-0.15, -0.1) is 0 Å². The first-order valence-electron chi connectivity index (χ1n) is 16.9. The summed E-state index contributed by atoms with van der Waals surface area (Å²) in [6, 6.07) is 62.6. The van der Waals surface area contributed by atoms with Crippen molar-refractivity contribution in [2.24, 2.45) is 0 Å². The smallest absolute Gasteiger partial charge is 0.155 e. The Morgan fingerprint density at radius 2 is 0.820 bits per heavy atom. The zero-order valence-corrected chi connectivity index (χ0v) is 27.1. The lowest BCUT2D eigenvalue weighted by atomic mass is 10.00. The molecule has 0 bridgehead atoms. The minimum atomic E-state index is 0.762. The number of rotatable bonds is 5. The molecule has 0 aliphatic rings. The Morgan fingerprint density at radius 1 is 0.360 bits per heavy atom. The number of benzene rings is 8. The summed E-state index contributed by atoms with van der Waals surface area (Å²) in [5.74, 6) is 0. The van der Waals surface area contributed by atoms with Gasteiger partial charge in [0.15, 0.2) is 5.58 Å². The zero-order valence-electron chi connectivity index (χ0n) is 27.1. The van der Waals surface area contributed by atoms with Crippen LogP contribution in [-0.2, 0) is 0 Å². The van der Waals surface area contributed by atoms with E-state index in [9.17, 15) is 0 Å². The van der Waals surface area contributed by atoms with Gasteiger partial charge in [-0.3, -0.25) is 0 Å². The Bertz CT molecular complexity index is 2750. The summed E-state index contributed by atoms with van der Waals surface area (Å²) in [6.07, 6.45) is 1.96. The molecule has 234 valence electrons. The maximum Gasteiger partial charge on any atom is 0.155 e. The normalized spacial score (nSPS) is 11.6. The average Bonchev–Trinajstić information content (AvgIpc) is 3.53. The molecule has 0 aliphatic heterocycles. The van der Waals surface area contributed by atoms with E-state index in [0.717, 1.165) is 44.5 Å². The third kappa shape index (κ3) is 4.87. The van der Waals surface area contributed by atoms with E-state index >= 15 is 0 Å². The fourth-order valence-corrected chi connectivity index (χ4v) is 7.23. The molecule has 0 amide bonds. The molecule has 0 radical (unpaired) electrons. The summed E-state index contributed by atoms with van der Waals surface area (Å²) in [7, 11) is 0. The second kappa shape index (κ2) is 11.5. The van der Waals surface area contributed by atoms with Gasteiger partial charge in [-0.1, -0.05) is 121 Å². The van der Waals surface area contributed by atoms with Gasteiger partial charge in [-0.25, -0.2) is 4.98 Å². The van der Waals surface area contributed by atoms with E-state index in [1.807, 2.05) is 6.20 Å². The van der Waals surface area contributed by atoms with Crippen LogP contribution in [0.4, 0.5) is 17.1 Å². The molecule has 0 spiro atoms. The third-order valence-electron chi connectivity index (χ3n) is 9.84. The lowest BCUT2D eigenvalue weighted by Gasteiger charge is -2.25. The van der Waals surface area contributed by atoms with E-state index in [2.05, 4.69) is 181 Å². The largest absolute Gasteiger partial charge is 0.454 e. The maximum absolute atomic E-state index is 6.46. The quantitative estimate of drug-likeness (QED) is 0.188. The first kappa shape index (κ1) is 28.3. The summed E-state index contributed by atoms with van der Waals surface area (Å²) in [4.78, 5) is 7.26. The second-order valence-electron chi connectivity index (χ2n) is 12.9. The lowest BCUT2D eigenvalue weighted by molar-refractivity contribution is 0.668. The van der Waals surface area contributed by atoms with Crippen LogP contribution >= 0.6 is 0 Å². The first-order chi connectivity index (χ1) is 24.7. The van der Waals surface area contributed by atoms with Crippen molar-refractivity contribution in [2.45, 2.75) is 0 Å². The highest BCUT2D eigenvalue weighted by atomic mass is 16.3. The number of anilines is 3. The van der Waals surface area contributed by atoms with Crippen molar-refractivity contribution in [3.8, 4) is 22.3 Å². The van der Waals surface area contributed by atoms with Gasteiger partial charge in [-0.05, 0) is 103 Å². The summed E-state index contributed by atoms with van der Waals surface area (Å²) >= 11 is 0. The molecule has 0 N–H and O–H groups in total. The van der Waals surface area contributed by atoms with Crippen LogP contribution in [0.1, 0.15) is 0 Å². The molecule has 10 aromatic rings. The van der Waals surface area contributed by atoms with E-state index in [0.29, 0.717) is 0 Å². The van der Waals surface area contributed by atoms with Crippen LogP contribution in [0.25, 0.3) is 76.6 Å². The molecule has 0 unspecified atom stereocenters. The number of aromatic nitrogens is 1. The van der Waals surface area contributed by atoms with Crippen LogP contribution in [0.15, 0.2) is 187 Å². The van der Waals surface area contributed by atoms with Crippen molar-refractivity contribution in [3.63, 3.8) is 0 Å². The fraction of sp³-hybridized carbons (Fsp3) is 0. The SMILES string of the molecule is c1ccc2cc(-c3ccc(N(c4ccc(-c5ccc6ccccc6c5)cc4)c4cnc5c(c4)oc4cc6ccccc6cc45)cc3)ccc2c1. The lowest BCUT2D eigenvalue weighted by Crippen LogP contribution is -2.10. The molecule has 0 atom stereocenters. The third-order valence-corrected chi connectivity index (χ3v) is 9.84. The Hall–Kier alpha value is -6.71. The number of hydrogen-bond donors (Lipinski definition) is 0. The van der Waals surface area contributed by atoms with Crippen LogP contribution in [0.2, 0.25) is 0 Å². The van der Waals surface area contributed by atoms with Crippen LogP contribution in [0.3, 0.4) is 0 Å². The molecule has 3 heteroatoms. The number of nitrogens with zero attached hydrogens (tertiary/aromatic N) is 2. The molecular weight excluding hydrogens is 609 g/mol. The molecule has 3 nitrogen and oxygen atoms in total. The molecule has 0 fully saturated rings. The zero-order chi connectivity index (χ0) is 33.0. The molecule has 0 aliphatic carbocycles. The number of pyridine rings is 1. The monoisotopic (exact) mass is 638 g/mol. The Kier molecular flexibility index (Phi) is 6.49. The summed E-state index contributed by atoms with van der Waals surface area (Å²) in [6.45, 7) is 0. The van der Waals surface area contributed by atoms with Crippen LogP contribution < -0.4 is 4.90 Å². The molecule has 10 rings (SSSR count). The van der Waals surface area contributed by atoms with Gasteiger partial charge in [0.2, 0.25) is 0 Å². The number of hydrogen-bond acceptors (Lipinski definition) is 3. The van der Waals surface area contributed by atoms with Gasteiger partial charge in [0, 0.05) is 22.8 Å². The van der Waals surface area contributed by atoms with E-state index in [1.165, 1.54) is 49.2 Å². The van der Waals surface area contributed by atoms with Gasteiger partial charge in [0.05, 0.1) is 11.9 Å². The van der Waals surface area contributed by atoms with Gasteiger partial charge >= 0.3 is 0 Å². The molecule has 8 aromatic carbocycles. The van der Waals surface area contributed by atoms with Gasteiger partial charge < -0.3 is 9.32 Å². The van der Waals surface area contributed by atoms with Crippen molar-refractivity contribution >= 4 is 71.4 Å². The van der Waals surface area contributed by atoms with E-state index in [4.69, 9.17) is 9.40 Å². The minimum absolute atomic E-state index is 0.762. The number of furan rings is 1.